The molecule has 2 fully saturated rings. The van der Waals surface area contributed by atoms with Crippen LogP contribution in [0.3, 0.4) is 0 Å². The summed E-state index contributed by atoms with van der Waals surface area (Å²) in [6.07, 6.45) is 4.94. The Labute approximate surface area is 228 Å². The molecule has 0 saturated carbocycles. The minimum Gasteiger partial charge on any atom is -0.393 e. The Morgan fingerprint density at radius 1 is 1.08 bits per heavy atom. The van der Waals surface area contributed by atoms with E-state index in [1.807, 2.05) is 9.42 Å². The second-order valence-electron chi connectivity index (χ2n) is 11.3. The van der Waals surface area contributed by atoms with Crippen LogP contribution < -0.4 is 4.90 Å². The number of H-pyrrole nitrogens is 1. The number of aryl methyl sites for hydroxylation is 1. The summed E-state index contributed by atoms with van der Waals surface area (Å²) in [5, 5.41) is 14.1. The lowest BCUT2D eigenvalue weighted by Crippen LogP contribution is -2.52. The van der Waals surface area contributed by atoms with Crippen molar-refractivity contribution in [2.45, 2.75) is 52.6 Å². The molecule has 0 aliphatic carbocycles. The SMILES string of the molecule is Cc1c(-c2[nH]c3ccc(N4CCN(C(=O)CN5CCC(O)CC5)CC4)nc3c2C(C)C)cn2ncnc2c1C. The number of amides is 1. The van der Waals surface area contributed by atoms with Gasteiger partial charge in [-0.3, -0.25) is 9.69 Å². The summed E-state index contributed by atoms with van der Waals surface area (Å²) in [5.41, 5.74) is 8.61. The Morgan fingerprint density at radius 2 is 1.82 bits per heavy atom. The summed E-state index contributed by atoms with van der Waals surface area (Å²) in [6, 6.07) is 4.22. The van der Waals surface area contributed by atoms with Crippen LogP contribution in [0.1, 0.15) is 49.3 Å². The van der Waals surface area contributed by atoms with Gasteiger partial charge in [-0.05, 0) is 55.9 Å². The summed E-state index contributed by atoms with van der Waals surface area (Å²) in [7, 11) is 0. The first-order valence-electron chi connectivity index (χ1n) is 14.1. The Kier molecular flexibility index (Phi) is 6.76. The molecule has 206 valence electrons. The van der Waals surface area contributed by atoms with E-state index in [1.165, 1.54) is 11.1 Å². The van der Waals surface area contributed by atoms with E-state index in [1.54, 1.807) is 6.33 Å². The zero-order chi connectivity index (χ0) is 27.3. The van der Waals surface area contributed by atoms with Crippen molar-refractivity contribution in [3.05, 3.63) is 41.3 Å². The van der Waals surface area contributed by atoms with Crippen LogP contribution >= 0.6 is 0 Å². The summed E-state index contributed by atoms with van der Waals surface area (Å²) >= 11 is 0. The van der Waals surface area contributed by atoms with Gasteiger partial charge in [-0.2, -0.15) is 5.10 Å². The van der Waals surface area contributed by atoms with Gasteiger partial charge in [0, 0.05) is 56.6 Å². The highest BCUT2D eigenvalue weighted by Gasteiger charge is 2.26. The number of hydrogen-bond donors (Lipinski definition) is 2. The molecule has 0 radical (unpaired) electrons. The fourth-order valence-electron chi connectivity index (χ4n) is 6.03. The van der Waals surface area contributed by atoms with E-state index >= 15 is 0 Å². The second-order valence-corrected chi connectivity index (χ2v) is 11.3. The van der Waals surface area contributed by atoms with Crippen molar-refractivity contribution < 1.29 is 9.90 Å². The highest BCUT2D eigenvalue weighted by Crippen LogP contribution is 2.38. The van der Waals surface area contributed by atoms with Crippen molar-refractivity contribution in [2.75, 3.05) is 50.7 Å². The minimum atomic E-state index is -0.220. The number of piperazine rings is 1. The number of piperidine rings is 1. The third-order valence-electron chi connectivity index (χ3n) is 8.51. The summed E-state index contributed by atoms with van der Waals surface area (Å²) in [6.45, 7) is 13.6. The number of rotatable bonds is 5. The van der Waals surface area contributed by atoms with E-state index in [0.29, 0.717) is 19.6 Å². The third kappa shape index (κ3) is 4.76. The highest BCUT2D eigenvalue weighted by atomic mass is 16.3. The van der Waals surface area contributed by atoms with E-state index in [-0.39, 0.29) is 17.9 Å². The molecule has 10 nitrogen and oxygen atoms in total. The van der Waals surface area contributed by atoms with Crippen LogP contribution in [0.15, 0.2) is 24.7 Å². The van der Waals surface area contributed by atoms with Crippen molar-refractivity contribution in [1.82, 2.24) is 34.4 Å². The van der Waals surface area contributed by atoms with Crippen molar-refractivity contribution in [2.24, 2.45) is 0 Å². The quantitative estimate of drug-likeness (QED) is 0.408. The van der Waals surface area contributed by atoms with Crippen LogP contribution in [0.2, 0.25) is 0 Å². The zero-order valence-electron chi connectivity index (χ0n) is 23.3. The van der Waals surface area contributed by atoms with E-state index < -0.39 is 0 Å². The van der Waals surface area contributed by atoms with Gasteiger partial charge in [0.05, 0.1) is 29.4 Å². The van der Waals surface area contributed by atoms with Crippen LogP contribution in [0.4, 0.5) is 5.82 Å². The number of hydrogen-bond acceptors (Lipinski definition) is 7. The van der Waals surface area contributed by atoms with Crippen LogP contribution in [-0.2, 0) is 4.79 Å². The number of anilines is 1. The molecular formula is C29H38N8O2. The van der Waals surface area contributed by atoms with Gasteiger partial charge in [0.15, 0.2) is 5.65 Å². The van der Waals surface area contributed by atoms with Crippen LogP contribution in [-0.4, -0.2) is 97.3 Å². The number of aromatic nitrogens is 5. The van der Waals surface area contributed by atoms with E-state index in [4.69, 9.17) is 4.98 Å². The molecule has 6 rings (SSSR count). The Morgan fingerprint density at radius 3 is 2.54 bits per heavy atom. The summed E-state index contributed by atoms with van der Waals surface area (Å²) < 4.78 is 1.85. The van der Waals surface area contributed by atoms with Gasteiger partial charge < -0.3 is 19.9 Å². The van der Waals surface area contributed by atoms with Crippen LogP contribution in [0, 0.1) is 13.8 Å². The van der Waals surface area contributed by atoms with E-state index in [9.17, 15) is 9.90 Å². The molecule has 0 atom stereocenters. The first-order chi connectivity index (χ1) is 18.8. The molecule has 2 saturated heterocycles. The van der Waals surface area contributed by atoms with Gasteiger partial charge in [0.2, 0.25) is 5.91 Å². The number of fused-ring (bicyclic) bond motifs is 2. The molecule has 0 unspecified atom stereocenters. The number of aliphatic hydroxyl groups is 1. The molecule has 2 N–H and O–H groups in total. The normalized spacial score (nSPS) is 17.7. The molecule has 4 aromatic heterocycles. The Hall–Kier alpha value is -3.50. The van der Waals surface area contributed by atoms with Crippen molar-refractivity contribution >= 4 is 28.4 Å². The maximum absolute atomic E-state index is 12.9. The molecule has 4 aromatic rings. The van der Waals surface area contributed by atoms with E-state index in [0.717, 1.165) is 78.3 Å². The number of pyridine rings is 2. The maximum atomic E-state index is 12.9. The largest absolute Gasteiger partial charge is 0.393 e. The number of carbonyl (C=O) groups excluding carboxylic acids is 1. The summed E-state index contributed by atoms with van der Waals surface area (Å²) in [4.78, 5) is 32.6. The average Bonchev–Trinajstić information content (AvgIpc) is 3.56. The molecule has 0 bridgehead atoms. The molecule has 2 aliphatic rings. The number of carbonyl (C=O) groups is 1. The van der Waals surface area contributed by atoms with Gasteiger partial charge in [-0.15, -0.1) is 0 Å². The molecule has 39 heavy (non-hydrogen) atoms. The van der Waals surface area contributed by atoms with Crippen LogP contribution in [0.25, 0.3) is 27.9 Å². The number of aromatic amines is 1. The van der Waals surface area contributed by atoms with Gasteiger partial charge in [0.1, 0.15) is 12.1 Å². The fourth-order valence-corrected chi connectivity index (χ4v) is 6.03. The topological polar surface area (TPSA) is 106 Å². The van der Waals surface area contributed by atoms with Gasteiger partial charge in [0.25, 0.3) is 0 Å². The second kappa shape index (κ2) is 10.2. The molecular weight excluding hydrogens is 492 g/mol. The van der Waals surface area contributed by atoms with Crippen LogP contribution in [0.5, 0.6) is 0 Å². The number of aliphatic hydroxyl groups excluding tert-OH is 1. The predicted molar refractivity (Wildman–Crippen MR) is 152 cm³/mol. The lowest BCUT2D eigenvalue weighted by Gasteiger charge is -2.37. The minimum absolute atomic E-state index is 0.182. The summed E-state index contributed by atoms with van der Waals surface area (Å²) in [5.74, 6) is 1.40. The number of nitrogens with zero attached hydrogens (tertiary/aromatic N) is 7. The standard InChI is InChI=1S/C29H38N8O2/c1-18(2)26-27(22-15-37-29(30-17-31-37)20(4)19(22)3)32-23-5-6-24(33-28(23)26)35-11-13-36(14-12-35)25(39)16-34-9-7-21(38)8-10-34/h5-6,15,17-18,21,32,38H,7-14,16H2,1-4H3. The number of nitrogens with one attached hydrogen (secondary N) is 1. The molecule has 0 aromatic carbocycles. The van der Waals surface area contributed by atoms with Crippen molar-refractivity contribution in [3.63, 3.8) is 0 Å². The smallest absolute Gasteiger partial charge is 0.236 e. The van der Waals surface area contributed by atoms with Crippen molar-refractivity contribution in [1.29, 1.82) is 0 Å². The number of likely N-dealkylation sites (tertiary alicyclic amines) is 1. The van der Waals surface area contributed by atoms with Gasteiger partial charge >= 0.3 is 0 Å². The zero-order valence-corrected chi connectivity index (χ0v) is 23.3. The molecule has 1 amide bonds. The Bertz CT molecular complexity index is 1510. The van der Waals surface area contributed by atoms with E-state index in [2.05, 4.69) is 70.9 Å². The predicted octanol–water partition coefficient (Wildman–Crippen LogP) is 3.12. The Balaban J connectivity index is 1.23. The third-order valence-corrected chi connectivity index (χ3v) is 8.51. The first kappa shape index (κ1) is 25.8. The monoisotopic (exact) mass is 530 g/mol. The molecule has 6 heterocycles. The van der Waals surface area contributed by atoms with Gasteiger partial charge in [-0.25, -0.2) is 14.5 Å². The maximum Gasteiger partial charge on any atom is 0.236 e. The first-order valence-corrected chi connectivity index (χ1v) is 14.1. The fraction of sp³-hybridized carbons (Fsp3) is 0.517. The van der Waals surface area contributed by atoms with Crippen molar-refractivity contribution in [3.8, 4) is 11.3 Å². The average molecular weight is 531 g/mol. The lowest BCUT2D eigenvalue weighted by atomic mass is 9.95. The van der Waals surface area contributed by atoms with Gasteiger partial charge in [-0.1, -0.05) is 13.8 Å². The molecule has 2 aliphatic heterocycles. The molecule has 0 spiro atoms. The lowest BCUT2D eigenvalue weighted by molar-refractivity contribution is -0.133. The molecule has 10 heteroatoms. The highest BCUT2D eigenvalue weighted by molar-refractivity contribution is 5.90.